The molecule has 5 rings (SSSR count). The van der Waals surface area contributed by atoms with E-state index in [0.717, 1.165) is 25.9 Å². The highest BCUT2D eigenvalue weighted by Crippen LogP contribution is 2.52. The highest BCUT2D eigenvalue weighted by Gasteiger charge is 2.63. The summed E-state index contributed by atoms with van der Waals surface area (Å²) in [6.45, 7) is 1.67. The first-order chi connectivity index (χ1) is 17.5. The number of carbonyl (C=O) groups is 3. The minimum Gasteiger partial charge on any atom is -0.510 e. The molecule has 1 fully saturated rings. The third kappa shape index (κ3) is 3.64. The number of aliphatic hydroxyl groups excluding tert-OH is 2. The van der Waals surface area contributed by atoms with E-state index in [0.29, 0.717) is 11.3 Å². The maximum Gasteiger partial charge on any atom is 0.255 e. The van der Waals surface area contributed by atoms with Gasteiger partial charge in [-0.2, -0.15) is 0 Å². The molecular weight excluding hydrogens is 480 g/mol. The van der Waals surface area contributed by atoms with Crippen molar-refractivity contribution >= 4 is 23.2 Å². The molecule has 0 saturated carbocycles. The molecule has 0 spiro atoms. The molecule has 4 aliphatic rings. The van der Waals surface area contributed by atoms with E-state index in [4.69, 9.17) is 5.73 Å². The van der Waals surface area contributed by atoms with Crippen molar-refractivity contribution in [2.45, 2.75) is 43.4 Å². The average molecular weight is 513 g/mol. The van der Waals surface area contributed by atoms with Crippen molar-refractivity contribution in [3.63, 3.8) is 0 Å². The second kappa shape index (κ2) is 8.86. The number of anilines is 1. The quantitative estimate of drug-likeness (QED) is 0.218. The number of nitrogens with zero attached hydrogens (tertiary/aromatic N) is 1. The van der Waals surface area contributed by atoms with Crippen LogP contribution in [0.4, 0.5) is 5.69 Å². The summed E-state index contributed by atoms with van der Waals surface area (Å²) in [4.78, 5) is 40.7. The normalized spacial score (nSPS) is 30.2. The third-order valence-electron chi connectivity index (χ3n) is 8.29. The van der Waals surface area contributed by atoms with Crippen LogP contribution in [0.2, 0.25) is 0 Å². The SMILES string of the molecule is CN(C)[C@@H]1C(O)=C(C(N)=O)C(=O)[C@@]2(O)C(O)=C3C(=O)c4c(ccc(NC5CCNCC5)c4O)C[C@H]3C[C@@H]12. The zero-order valence-electron chi connectivity index (χ0n) is 20.7. The van der Waals surface area contributed by atoms with Crippen molar-refractivity contribution in [1.82, 2.24) is 10.2 Å². The lowest BCUT2D eigenvalue weighted by Gasteiger charge is -2.50. The van der Waals surface area contributed by atoms with Crippen LogP contribution in [0.1, 0.15) is 35.2 Å². The lowest BCUT2D eigenvalue weighted by atomic mass is 9.58. The minimum absolute atomic E-state index is 0.0136. The molecule has 8 N–H and O–H groups in total. The van der Waals surface area contributed by atoms with Gasteiger partial charge in [0.25, 0.3) is 5.91 Å². The number of nitrogens with one attached hydrogen (secondary N) is 2. The first-order valence-corrected chi connectivity index (χ1v) is 12.4. The topological polar surface area (TPSA) is 185 Å². The Kier molecular flexibility index (Phi) is 6.05. The molecule has 0 unspecified atom stereocenters. The number of fused-ring (bicyclic) bond motifs is 3. The van der Waals surface area contributed by atoms with Crippen LogP contribution in [0.3, 0.4) is 0 Å². The number of aliphatic hydroxyl groups is 3. The fourth-order valence-corrected chi connectivity index (χ4v) is 6.53. The van der Waals surface area contributed by atoms with E-state index in [1.807, 2.05) is 0 Å². The van der Waals surface area contributed by atoms with Gasteiger partial charge in [0.2, 0.25) is 5.78 Å². The number of allylic oxidation sites excluding steroid dienone is 1. The molecular formula is C26H32N4O7. The molecule has 1 aromatic rings. The number of carbonyl (C=O) groups excluding carboxylic acids is 3. The molecule has 1 aromatic carbocycles. The number of Topliss-reactive ketones (excluding diaryl/α,β-unsaturated/α-hetero) is 2. The largest absolute Gasteiger partial charge is 0.510 e. The van der Waals surface area contributed by atoms with Gasteiger partial charge in [0.15, 0.2) is 11.4 Å². The van der Waals surface area contributed by atoms with Crippen LogP contribution in [0.25, 0.3) is 0 Å². The van der Waals surface area contributed by atoms with E-state index in [-0.39, 0.29) is 35.8 Å². The van der Waals surface area contributed by atoms with Gasteiger partial charge in [0.05, 0.1) is 17.3 Å². The molecule has 11 heteroatoms. The van der Waals surface area contributed by atoms with Crippen LogP contribution < -0.4 is 16.4 Å². The molecule has 1 heterocycles. The second-order valence-corrected chi connectivity index (χ2v) is 10.6. The second-order valence-electron chi connectivity index (χ2n) is 10.6. The van der Waals surface area contributed by atoms with Crippen molar-refractivity contribution in [1.29, 1.82) is 0 Å². The van der Waals surface area contributed by atoms with Gasteiger partial charge in [-0.3, -0.25) is 19.3 Å². The third-order valence-corrected chi connectivity index (χ3v) is 8.29. The number of amides is 1. The maximum atomic E-state index is 13.7. The highest BCUT2D eigenvalue weighted by molar-refractivity contribution is 6.24. The zero-order chi connectivity index (χ0) is 26.8. The van der Waals surface area contributed by atoms with Gasteiger partial charge in [-0.15, -0.1) is 0 Å². The van der Waals surface area contributed by atoms with Crippen molar-refractivity contribution in [2.24, 2.45) is 17.6 Å². The lowest BCUT2D eigenvalue weighted by Crippen LogP contribution is -2.63. The summed E-state index contributed by atoms with van der Waals surface area (Å²) in [6, 6.07) is 2.62. The summed E-state index contributed by atoms with van der Waals surface area (Å²) in [6.07, 6.45) is 2.05. The Bertz CT molecular complexity index is 1260. The van der Waals surface area contributed by atoms with Crippen LogP contribution in [0.15, 0.2) is 34.8 Å². The number of hydrogen-bond donors (Lipinski definition) is 7. The fraction of sp³-hybridized carbons (Fsp3) is 0.500. The number of aromatic hydroxyl groups is 1. The van der Waals surface area contributed by atoms with Crippen molar-refractivity contribution in [3.05, 3.63) is 45.9 Å². The Labute approximate surface area is 213 Å². The van der Waals surface area contributed by atoms with E-state index in [2.05, 4.69) is 10.6 Å². The first kappa shape index (κ1) is 25.2. The molecule has 3 aliphatic carbocycles. The number of primary amides is 1. The number of rotatable bonds is 4. The van der Waals surface area contributed by atoms with Crippen LogP contribution in [0, 0.1) is 11.8 Å². The average Bonchev–Trinajstić information content (AvgIpc) is 2.83. The number of nitrogens with two attached hydrogens (primary N) is 1. The van der Waals surface area contributed by atoms with Gasteiger partial charge < -0.3 is 36.8 Å². The molecule has 37 heavy (non-hydrogen) atoms. The first-order valence-electron chi connectivity index (χ1n) is 12.4. The predicted octanol–water partition coefficient (Wildman–Crippen LogP) is 0.285. The number of phenols is 1. The standard InChI is InChI=1S/C26H32N4O7/c1-30(2)19-14-10-12-9-11-3-4-15(29-13-5-7-28-8-6-13)20(31)16(11)21(32)17(12)23(34)26(14,37)24(35)18(22(19)33)25(27)36/h3-4,12-14,19,28-29,31,33-34,37H,5-10H2,1-2H3,(H2,27,36)/t12-,14-,19-,26-/m0/s1. The monoisotopic (exact) mass is 512 g/mol. The van der Waals surface area contributed by atoms with E-state index in [9.17, 15) is 34.8 Å². The molecule has 0 radical (unpaired) electrons. The van der Waals surface area contributed by atoms with E-state index >= 15 is 0 Å². The number of hydrogen-bond acceptors (Lipinski definition) is 10. The smallest absolute Gasteiger partial charge is 0.255 e. The van der Waals surface area contributed by atoms with Gasteiger partial charge in [-0.05, 0) is 70.4 Å². The molecule has 0 bridgehead atoms. The van der Waals surface area contributed by atoms with Crippen molar-refractivity contribution in [3.8, 4) is 5.75 Å². The number of likely N-dealkylation sites (N-methyl/N-ethyl adjacent to an activating group) is 1. The van der Waals surface area contributed by atoms with Gasteiger partial charge >= 0.3 is 0 Å². The van der Waals surface area contributed by atoms with Crippen LogP contribution in [-0.2, 0) is 16.0 Å². The zero-order valence-corrected chi connectivity index (χ0v) is 20.7. The molecule has 4 atom stereocenters. The molecule has 0 aromatic heterocycles. The number of phenolic OH excluding ortho intramolecular Hbond substituents is 1. The van der Waals surface area contributed by atoms with Crippen molar-refractivity contribution < 1.29 is 34.8 Å². The minimum atomic E-state index is -2.63. The summed E-state index contributed by atoms with van der Waals surface area (Å²) in [5.41, 5.74) is 2.75. The lowest BCUT2D eigenvalue weighted by molar-refractivity contribution is -0.148. The Morgan fingerprint density at radius 3 is 2.46 bits per heavy atom. The number of piperidine rings is 1. The van der Waals surface area contributed by atoms with Gasteiger partial charge in [-0.1, -0.05) is 6.07 Å². The van der Waals surface area contributed by atoms with Crippen LogP contribution in [0.5, 0.6) is 5.75 Å². The van der Waals surface area contributed by atoms with Crippen LogP contribution >= 0.6 is 0 Å². The summed E-state index contributed by atoms with van der Waals surface area (Å²) < 4.78 is 0. The molecule has 11 nitrogen and oxygen atoms in total. The summed E-state index contributed by atoms with van der Waals surface area (Å²) >= 11 is 0. The molecule has 1 saturated heterocycles. The molecule has 1 aliphatic heterocycles. The Balaban J connectivity index is 1.60. The van der Waals surface area contributed by atoms with Gasteiger partial charge in [-0.25, -0.2) is 0 Å². The molecule has 1 amide bonds. The Hall–Kier alpha value is -3.41. The fourth-order valence-electron chi connectivity index (χ4n) is 6.53. The summed E-state index contributed by atoms with van der Waals surface area (Å²) in [5, 5.41) is 51.4. The number of benzene rings is 1. The van der Waals surface area contributed by atoms with Crippen molar-refractivity contribution in [2.75, 3.05) is 32.5 Å². The summed E-state index contributed by atoms with van der Waals surface area (Å²) in [7, 11) is 3.20. The van der Waals surface area contributed by atoms with Gasteiger partial charge in [0.1, 0.15) is 22.8 Å². The van der Waals surface area contributed by atoms with Crippen LogP contribution in [-0.4, -0.2) is 87.7 Å². The van der Waals surface area contributed by atoms with E-state index < -0.39 is 58.0 Å². The maximum absolute atomic E-state index is 13.7. The molecule has 198 valence electrons. The Morgan fingerprint density at radius 2 is 1.84 bits per heavy atom. The predicted molar refractivity (Wildman–Crippen MR) is 133 cm³/mol. The van der Waals surface area contributed by atoms with E-state index in [1.165, 1.54) is 4.90 Å². The number of ketones is 2. The van der Waals surface area contributed by atoms with Gasteiger partial charge in [0, 0.05) is 17.5 Å². The summed E-state index contributed by atoms with van der Waals surface area (Å²) in [5.74, 6) is -6.46. The highest BCUT2D eigenvalue weighted by atomic mass is 16.3. The van der Waals surface area contributed by atoms with E-state index in [1.54, 1.807) is 26.2 Å². The Morgan fingerprint density at radius 1 is 1.16 bits per heavy atom.